The van der Waals surface area contributed by atoms with E-state index in [0.29, 0.717) is 24.3 Å². The number of nitrogens with zero attached hydrogens (tertiary/aromatic N) is 2. The topological polar surface area (TPSA) is 96.4 Å². The van der Waals surface area contributed by atoms with Crippen molar-refractivity contribution >= 4 is 10.1 Å². The summed E-state index contributed by atoms with van der Waals surface area (Å²) in [6.07, 6.45) is 3.28. The van der Waals surface area contributed by atoms with E-state index in [1.807, 2.05) is 0 Å². The first-order chi connectivity index (χ1) is 9.95. The van der Waals surface area contributed by atoms with E-state index in [2.05, 4.69) is 4.98 Å². The van der Waals surface area contributed by atoms with Crippen LogP contribution in [0.3, 0.4) is 0 Å². The molecule has 1 aromatic heterocycles. The van der Waals surface area contributed by atoms with Crippen molar-refractivity contribution in [3.05, 3.63) is 36.3 Å². The molecule has 3 rings (SSSR count). The van der Waals surface area contributed by atoms with Gasteiger partial charge in [-0.15, -0.1) is 0 Å². The van der Waals surface area contributed by atoms with Crippen molar-refractivity contribution in [2.75, 3.05) is 6.61 Å². The second-order valence-corrected chi connectivity index (χ2v) is 6.42. The molecule has 8 heteroatoms. The van der Waals surface area contributed by atoms with Crippen LogP contribution in [0.1, 0.15) is 5.56 Å². The molecule has 1 unspecified atom stereocenters. The van der Waals surface area contributed by atoms with Crippen molar-refractivity contribution in [2.45, 2.75) is 17.5 Å². The largest absolute Gasteiger partial charge is 0.492 e. The SMILES string of the molecule is Cn1cnc(S(=O)(=O)Oc2cccc3c2CC(N)CO3)c1. The minimum absolute atomic E-state index is 0.136. The number of aromatic nitrogens is 2. The Bertz CT molecular complexity index is 769. The maximum absolute atomic E-state index is 12.2. The normalized spacial score (nSPS) is 17.9. The number of hydrogen-bond donors (Lipinski definition) is 1. The van der Waals surface area contributed by atoms with E-state index < -0.39 is 10.1 Å². The van der Waals surface area contributed by atoms with Crippen molar-refractivity contribution in [3.8, 4) is 11.5 Å². The molecule has 2 N–H and O–H groups in total. The van der Waals surface area contributed by atoms with Crippen LogP contribution in [0, 0.1) is 0 Å². The standard InChI is InChI=1S/C13H15N3O4S/c1-16-6-13(15-8-16)21(17,18)20-12-4-2-3-11-10(12)5-9(14)7-19-11/h2-4,6,8-9H,5,7,14H2,1H3. The van der Waals surface area contributed by atoms with Gasteiger partial charge in [-0.25, -0.2) is 4.98 Å². The van der Waals surface area contributed by atoms with E-state index in [1.54, 1.807) is 25.2 Å². The quantitative estimate of drug-likeness (QED) is 0.827. The molecule has 2 aromatic rings. The van der Waals surface area contributed by atoms with Crippen molar-refractivity contribution in [1.82, 2.24) is 9.55 Å². The van der Waals surface area contributed by atoms with Crippen LogP contribution in [0.15, 0.2) is 35.7 Å². The molecule has 0 aliphatic carbocycles. The number of hydrogen-bond acceptors (Lipinski definition) is 6. The minimum atomic E-state index is -3.97. The number of imidazole rings is 1. The van der Waals surface area contributed by atoms with E-state index in [0.717, 1.165) is 0 Å². The highest BCUT2D eigenvalue weighted by Gasteiger charge is 2.25. The number of fused-ring (bicyclic) bond motifs is 1. The molecule has 0 fully saturated rings. The fraction of sp³-hybridized carbons (Fsp3) is 0.308. The molecule has 0 spiro atoms. The van der Waals surface area contributed by atoms with Gasteiger partial charge in [0.1, 0.15) is 18.1 Å². The summed E-state index contributed by atoms with van der Waals surface area (Å²) in [7, 11) is -2.29. The van der Waals surface area contributed by atoms with Crippen LogP contribution < -0.4 is 14.7 Å². The van der Waals surface area contributed by atoms with Gasteiger partial charge in [0.25, 0.3) is 0 Å². The molecule has 0 saturated carbocycles. The molecule has 112 valence electrons. The average molecular weight is 309 g/mol. The molecule has 7 nitrogen and oxygen atoms in total. The fourth-order valence-electron chi connectivity index (χ4n) is 2.16. The van der Waals surface area contributed by atoms with Crippen LogP contribution >= 0.6 is 0 Å². The summed E-state index contributed by atoms with van der Waals surface area (Å²) in [6.45, 7) is 0.406. The van der Waals surface area contributed by atoms with Crippen LogP contribution in [0.2, 0.25) is 0 Å². The summed E-state index contributed by atoms with van der Waals surface area (Å²) in [5.41, 5.74) is 6.51. The summed E-state index contributed by atoms with van der Waals surface area (Å²) in [5, 5.41) is -0.136. The zero-order valence-corrected chi connectivity index (χ0v) is 12.2. The number of nitrogens with two attached hydrogens (primary N) is 1. The number of benzene rings is 1. The maximum atomic E-state index is 12.2. The van der Waals surface area contributed by atoms with Gasteiger partial charge in [-0.2, -0.15) is 8.42 Å². The lowest BCUT2D eigenvalue weighted by Crippen LogP contribution is -2.34. The van der Waals surface area contributed by atoms with Crippen molar-refractivity contribution in [3.63, 3.8) is 0 Å². The third-order valence-electron chi connectivity index (χ3n) is 3.15. The van der Waals surface area contributed by atoms with Gasteiger partial charge in [-0.3, -0.25) is 0 Å². The molecule has 1 atom stereocenters. The number of aryl methyl sites for hydroxylation is 1. The van der Waals surface area contributed by atoms with Gasteiger partial charge in [-0.05, 0) is 18.6 Å². The zero-order valence-electron chi connectivity index (χ0n) is 11.4. The Labute approximate surface area is 122 Å². The van der Waals surface area contributed by atoms with Crippen LogP contribution in [-0.4, -0.2) is 30.6 Å². The average Bonchev–Trinajstić information content (AvgIpc) is 2.87. The molecule has 0 amide bonds. The van der Waals surface area contributed by atoms with E-state index in [1.165, 1.54) is 17.1 Å². The lowest BCUT2D eigenvalue weighted by molar-refractivity contribution is 0.261. The predicted octanol–water partition coefficient (Wildman–Crippen LogP) is 0.450. The van der Waals surface area contributed by atoms with Gasteiger partial charge >= 0.3 is 10.1 Å². The zero-order chi connectivity index (χ0) is 15.0. The Morgan fingerprint density at radius 2 is 2.29 bits per heavy atom. The van der Waals surface area contributed by atoms with Crippen molar-refractivity contribution < 1.29 is 17.3 Å². The van der Waals surface area contributed by atoms with Gasteiger partial charge in [-0.1, -0.05) is 6.07 Å². The van der Waals surface area contributed by atoms with Crippen molar-refractivity contribution in [1.29, 1.82) is 0 Å². The summed E-state index contributed by atoms with van der Waals surface area (Å²) >= 11 is 0. The first-order valence-corrected chi connectivity index (χ1v) is 7.79. The smallest absolute Gasteiger partial charge is 0.358 e. The second-order valence-electron chi connectivity index (χ2n) is 4.92. The second kappa shape index (κ2) is 5.05. The molecule has 1 aromatic carbocycles. The predicted molar refractivity (Wildman–Crippen MR) is 74.6 cm³/mol. The molecular formula is C13H15N3O4S. The van der Waals surface area contributed by atoms with Crippen LogP contribution in [0.5, 0.6) is 11.5 Å². The van der Waals surface area contributed by atoms with Gasteiger partial charge in [0.05, 0.1) is 6.33 Å². The molecule has 2 heterocycles. The summed E-state index contributed by atoms with van der Waals surface area (Å²) in [4.78, 5) is 3.80. The molecule has 1 aliphatic heterocycles. The number of ether oxygens (including phenoxy) is 1. The molecular weight excluding hydrogens is 294 g/mol. The van der Waals surface area contributed by atoms with Gasteiger partial charge in [0.15, 0.2) is 0 Å². The highest BCUT2D eigenvalue weighted by Crippen LogP contribution is 2.33. The highest BCUT2D eigenvalue weighted by molar-refractivity contribution is 7.87. The molecule has 1 aliphatic rings. The Balaban J connectivity index is 1.95. The molecule has 0 radical (unpaired) electrons. The van der Waals surface area contributed by atoms with E-state index in [-0.39, 0.29) is 16.8 Å². The summed E-state index contributed by atoms with van der Waals surface area (Å²) in [5.74, 6) is 0.832. The van der Waals surface area contributed by atoms with Crippen molar-refractivity contribution in [2.24, 2.45) is 12.8 Å². The first kappa shape index (κ1) is 13.9. The summed E-state index contributed by atoms with van der Waals surface area (Å²) < 4.78 is 36.7. The molecule has 0 saturated heterocycles. The highest BCUT2D eigenvalue weighted by atomic mass is 32.2. The minimum Gasteiger partial charge on any atom is -0.492 e. The third kappa shape index (κ3) is 2.72. The fourth-order valence-corrected chi connectivity index (χ4v) is 3.11. The van der Waals surface area contributed by atoms with Crippen LogP contribution in [-0.2, 0) is 23.6 Å². The first-order valence-electron chi connectivity index (χ1n) is 6.38. The molecule has 0 bridgehead atoms. The molecule has 21 heavy (non-hydrogen) atoms. The van der Waals surface area contributed by atoms with E-state index in [4.69, 9.17) is 14.7 Å². The van der Waals surface area contributed by atoms with E-state index in [9.17, 15) is 8.42 Å². The van der Waals surface area contributed by atoms with Crippen LogP contribution in [0.25, 0.3) is 0 Å². The van der Waals surface area contributed by atoms with E-state index >= 15 is 0 Å². The number of rotatable bonds is 3. The Hall–Kier alpha value is -2.06. The maximum Gasteiger partial charge on any atom is 0.358 e. The third-order valence-corrected chi connectivity index (χ3v) is 4.27. The Morgan fingerprint density at radius 1 is 1.48 bits per heavy atom. The van der Waals surface area contributed by atoms with Gasteiger partial charge in [0.2, 0.25) is 5.03 Å². The lowest BCUT2D eigenvalue weighted by Gasteiger charge is -2.24. The monoisotopic (exact) mass is 309 g/mol. The summed E-state index contributed by atoms with van der Waals surface area (Å²) in [6, 6.07) is 4.85. The Kier molecular flexibility index (Phi) is 3.34. The lowest BCUT2D eigenvalue weighted by atomic mass is 10.0. The van der Waals surface area contributed by atoms with Gasteiger partial charge < -0.3 is 19.2 Å². The Morgan fingerprint density at radius 3 is 3.00 bits per heavy atom. The van der Waals surface area contributed by atoms with Crippen LogP contribution in [0.4, 0.5) is 0 Å². The van der Waals surface area contributed by atoms with Gasteiger partial charge in [0, 0.05) is 24.8 Å².